The fourth-order valence-corrected chi connectivity index (χ4v) is 2.39. The van der Waals surface area contributed by atoms with Crippen molar-refractivity contribution in [2.75, 3.05) is 0 Å². The fourth-order valence-electron chi connectivity index (χ4n) is 2.39. The minimum absolute atomic E-state index is 0.257. The van der Waals surface area contributed by atoms with Crippen LogP contribution in [0.1, 0.15) is 25.5 Å². The number of benzene rings is 1. The maximum Gasteiger partial charge on any atom is 0.336 e. The van der Waals surface area contributed by atoms with Crippen LogP contribution in [0.5, 0.6) is 5.75 Å². The van der Waals surface area contributed by atoms with Crippen molar-refractivity contribution in [3.05, 3.63) is 40.2 Å². The molecular weight excluding hydrogens is 248 g/mol. The molecule has 1 aromatic carbocycles. The van der Waals surface area contributed by atoms with E-state index < -0.39 is 23.4 Å². The summed E-state index contributed by atoms with van der Waals surface area (Å²) in [4.78, 5) is 11.3. The first-order chi connectivity index (χ1) is 8.90. The largest absolute Gasteiger partial charge is 0.485 e. The lowest BCUT2D eigenvalue weighted by molar-refractivity contribution is -0.111. The van der Waals surface area contributed by atoms with Crippen molar-refractivity contribution in [1.29, 1.82) is 0 Å². The van der Waals surface area contributed by atoms with Crippen LogP contribution >= 0.6 is 0 Å². The van der Waals surface area contributed by atoms with Crippen molar-refractivity contribution in [3.63, 3.8) is 0 Å². The molecular formula is C14H14O5. The summed E-state index contributed by atoms with van der Waals surface area (Å²) >= 11 is 0. The summed E-state index contributed by atoms with van der Waals surface area (Å²) in [5.74, 6) is 0.421. The fraction of sp³-hybridized carbons (Fsp3) is 0.357. The van der Waals surface area contributed by atoms with Crippen molar-refractivity contribution in [2.45, 2.75) is 31.7 Å². The van der Waals surface area contributed by atoms with Crippen LogP contribution in [-0.2, 0) is 0 Å². The molecule has 3 rings (SSSR count). The molecule has 0 bridgehead atoms. The summed E-state index contributed by atoms with van der Waals surface area (Å²) in [5.41, 5.74) is -0.837. The lowest BCUT2D eigenvalue weighted by Gasteiger charge is -2.39. The quantitative estimate of drug-likeness (QED) is 0.701. The maximum absolute atomic E-state index is 11.3. The molecule has 0 amide bonds. The number of ether oxygens (including phenoxy) is 1. The highest BCUT2D eigenvalue weighted by Crippen LogP contribution is 2.42. The monoisotopic (exact) mass is 262 g/mol. The summed E-state index contributed by atoms with van der Waals surface area (Å²) in [7, 11) is 0. The van der Waals surface area contributed by atoms with Crippen LogP contribution in [-0.4, -0.2) is 21.9 Å². The van der Waals surface area contributed by atoms with E-state index in [9.17, 15) is 15.0 Å². The summed E-state index contributed by atoms with van der Waals surface area (Å²) in [6, 6.07) is 6.37. The van der Waals surface area contributed by atoms with Gasteiger partial charge in [0.05, 0.1) is 5.56 Å². The topological polar surface area (TPSA) is 79.9 Å². The van der Waals surface area contributed by atoms with Gasteiger partial charge in [0.1, 0.15) is 29.1 Å². The number of hydrogen-bond donors (Lipinski definition) is 2. The van der Waals surface area contributed by atoms with Gasteiger partial charge in [-0.25, -0.2) is 4.79 Å². The molecule has 0 aliphatic carbocycles. The first-order valence-electron chi connectivity index (χ1n) is 6.02. The Labute approximate surface area is 109 Å². The van der Waals surface area contributed by atoms with E-state index in [-0.39, 0.29) is 5.58 Å². The lowest BCUT2D eigenvalue weighted by atomic mass is 9.88. The molecule has 2 heterocycles. The number of rotatable bonds is 0. The van der Waals surface area contributed by atoms with Gasteiger partial charge in [-0.05, 0) is 32.0 Å². The second-order valence-corrected chi connectivity index (χ2v) is 5.25. The first kappa shape index (κ1) is 12.2. The van der Waals surface area contributed by atoms with E-state index in [2.05, 4.69) is 0 Å². The van der Waals surface area contributed by atoms with Gasteiger partial charge in [0.25, 0.3) is 0 Å². The molecule has 2 unspecified atom stereocenters. The van der Waals surface area contributed by atoms with Crippen molar-refractivity contribution >= 4 is 11.0 Å². The zero-order valence-corrected chi connectivity index (χ0v) is 10.6. The SMILES string of the molecule is CC1(C)Oc2ccc3ccc(=O)oc3c2C(O)C1O. The average molecular weight is 262 g/mol. The molecule has 1 aliphatic heterocycles. The van der Waals surface area contributed by atoms with Gasteiger partial charge in [-0.1, -0.05) is 0 Å². The Morgan fingerprint density at radius 2 is 1.84 bits per heavy atom. The molecule has 0 saturated heterocycles. The van der Waals surface area contributed by atoms with Crippen molar-refractivity contribution in [3.8, 4) is 5.75 Å². The summed E-state index contributed by atoms with van der Waals surface area (Å²) < 4.78 is 10.8. The molecule has 2 aromatic rings. The Hall–Kier alpha value is -1.85. The van der Waals surface area contributed by atoms with Crippen molar-refractivity contribution < 1.29 is 19.4 Å². The highest BCUT2D eigenvalue weighted by molar-refractivity contribution is 5.82. The van der Waals surface area contributed by atoms with Gasteiger partial charge in [0.2, 0.25) is 0 Å². The maximum atomic E-state index is 11.3. The van der Waals surface area contributed by atoms with Gasteiger partial charge in [-0.3, -0.25) is 0 Å². The van der Waals surface area contributed by atoms with E-state index >= 15 is 0 Å². The third-order valence-corrected chi connectivity index (χ3v) is 3.47. The molecule has 19 heavy (non-hydrogen) atoms. The number of aliphatic hydroxyl groups excluding tert-OH is 2. The molecule has 2 atom stereocenters. The number of hydrogen-bond acceptors (Lipinski definition) is 5. The zero-order valence-electron chi connectivity index (χ0n) is 10.6. The number of aliphatic hydroxyl groups is 2. The Balaban J connectivity index is 2.33. The number of fused-ring (bicyclic) bond motifs is 3. The van der Waals surface area contributed by atoms with E-state index in [4.69, 9.17) is 9.15 Å². The van der Waals surface area contributed by atoms with Gasteiger partial charge in [-0.2, -0.15) is 0 Å². The minimum Gasteiger partial charge on any atom is -0.485 e. The van der Waals surface area contributed by atoms with E-state index in [1.807, 2.05) is 0 Å². The van der Waals surface area contributed by atoms with E-state index in [1.165, 1.54) is 6.07 Å². The predicted molar refractivity (Wildman–Crippen MR) is 68.2 cm³/mol. The smallest absolute Gasteiger partial charge is 0.336 e. The van der Waals surface area contributed by atoms with Crippen LogP contribution in [0.4, 0.5) is 0 Å². The second-order valence-electron chi connectivity index (χ2n) is 5.25. The molecule has 0 fully saturated rings. The first-order valence-corrected chi connectivity index (χ1v) is 6.02. The third kappa shape index (κ3) is 1.74. The van der Waals surface area contributed by atoms with Gasteiger partial charge in [0, 0.05) is 11.5 Å². The molecule has 0 saturated carbocycles. The highest BCUT2D eigenvalue weighted by Gasteiger charge is 2.43. The summed E-state index contributed by atoms with van der Waals surface area (Å²) in [6.07, 6.45) is -2.26. The van der Waals surface area contributed by atoms with Crippen LogP contribution in [0, 0.1) is 0 Å². The molecule has 100 valence electrons. The Kier molecular flexibility index (Phi) is 2.45. The van der Waals surface area contributed by atoms with Gasteiger partial charge in [0.15, 0.2) is 0 Å². The summed E-state index contributed by atoms with van der Waals surface area (Å²) in [5, 5.41) is 21.0. The molecule has 1 aliphatic rings. The highest BCUT2D eigenvalue weighted by atomic mass is 16.5. The van der Waals surface area contributed by atoms with E-state index in [1.54, 1.807) is 32.0 Å². The minimum atomic E-state index is -1.16. The van der Waals surface area contributed by atoms with Gasteiger partial charge < -0.3 is 19.4 Å². The molecule has 5 heteroatoms. The lowest BCUT2D eigenvalue weighted by Crippen LogP contribution is -2.48. The Morgan fingerprint density at radius 3 is 2.58 bits per heavy atom. The van der Waals surface area contributed by atoms with Crippen LogP contribution < -0.4 is 10.4 Å². The van der Waals surface area contributed by atoms with Crippen molar-refractivity contribution in [2.24, 2.45) is 0 Å². The zero-order chi connectivity index (χ0) is 13.8. The van der Waals surface area contributed by atoms with Crippen LogP contribution in [0.25, 0.3) is 11.0 Å². The van der Waals surface area contributed by atoms with Crippen LogP contribution in [0.15, 0.2) is 33.5 Å². The second kappa shape index (κ2) is 3.82. The molecule has 0 radical (unpaired) electrons. The molecule has 1 aromatic heterocycles. The van der Waals surface area contributed by atoms with Crippen molar-refractivity contribution in [1.82, 2.24) is 0 Å². The van der Waals surface area contributed by atoms with E-state index in [0.29, 0.717) is 16.7 Å². The Bertz CT molecular complexity index is 701. The normalized spacial score (nSPS) is 24.8. The molecule has 0 spiro atoms. The van der Waals surface area contributed by atoms with Crippen LogP contribution in [0.3, 0.4) is 0 Å². The summed E-state index contributed by atoms with van der Waals surface area (Å²) in [6.45, 7) is 3.38. The van der Waals surface area contributed by atoms with Crippen LogP contribution in [0.2, 0.25) is 0 Å². The van der Waals surface area contributed by atoms with Gasteiger partial charge in [-0.15, -0.1) is 0 Å². The molecule has 5 nitrogen and oxygen atoms in total. The third-order valence-electron chi connectivity index (χ3n) is 3.47. The Morgan fingerprint density at radius 1 is 1.16 bits per heavy atom. The van der Waals surface area contributed by atoms with Gasteiger partial charge >= 0.3 is 5.63 Å². The standard InChI is InChI=1S/C14H14O5/c1-14(2)13(17)11(16)10-8(19-14)5-3-7-4-6-9(15)18-12(7)10/h3-6,11,13,16-17H,1-2H3. The average Bonchev–Trinajstić information content (AvgIpc) is 2.35. The van der Waals surface area contributed by atoms with E-state index in [0.717, 1.165) is 0 Å². The molecule has 2 N–H and O–H groups in total. The predicted octanol–water partition coefficient (Wildman–Crippen LogP) is 1.36.